The van der Waals surface area contributed by atoms with E-state index < -0.39 is 0 Å². The number of carbonyl (C=O) groups excluding carboxylic acids is 1. The summed E-state index contributed by atoms with van der Waals surface area (Å²) in [6.07, 6.45) is 1.79. The number of rotatable bonds is 5. The molecular weight excluding hydrogens is 238 g/mol. The Kier molecular flexibility index (Phi) is 5.37. The normalized spacial score (nSPS) is 11.6. The lowest BCUT2D eigenvalue weighted by Gasteiger charge is -2.22. The van der Waals surface area contributed by atoms with E-state index in [1.165, 1.54) is 0 Å². The summed E-state index contributed by atoms with van der Waals surface area (Å²) in [5.74, 6) is -0.287. The Morgan fingerprint density at radius 1 is 1.37 bits per heavy atom. The van der Waals surface area contributed by atoms with E-state index in [0.29, 0.717) is 12.2 Å². The van der Waals surface area contributed by atoms with Gasteiger partial charge in [0.15, 0.2) is 0 Å². The van der Waals surface area contributed by atoms with Crippen LogP contribution in [0, 0.1) is 0 Å². The lowest BCUT2D eigenvalue weighted by molar-refractivity contribution is -0.138. The Bertz CT molecular complexity index is 501. The molecule has 3 heteroatoms. The third kappa shape index (κ3) is 3.47. The van der Waals surface area contributed by atoms with Gasteiger partial charge in [-0.15, -0.1) is 0 Å². The summed E-state index contributed by atoms with van der Waals surface area (Å²) < 4.78 is 5.08. The highest BCUT2D eigenvalue weighted by Crippen LogP contribution is 2.25. The van der Waals surface area contributed by atoms with Crippen molar-refractivity contribution in [3.63, 3.8) is 0 Å². The van der Waals surface area contributed by atoms with E-state index in [4.69, 9.17) is 4.74 Å². The second kappa shape index (κ2) is 6.78. The number of carbonyl (C=O) groups is 1. The first-order valence-electron chi connectivity index (χ1n) is 6.30. The molecule has 0 heterocycles. The fraction of sp³-hybridized carbons (Fsp3) is 0.312. The summed E-state index contributed by atoms with van der Waals surface area (Å²) in [6, 6.07) is 7.86. The van der Waals surface area contributed by atoms with Crippen LogP contribution in [0.1, 0.15) is 25.0 Å². The van der Waals surface area contributed by atoms with Crippen molar-refractivity contribution in [3.05, 3.63) is 47.5 Å². The molecule has 19 heavy (non-hydrogen) atoms. The van der Waals surface area contributed by atoms with Gasteiger partial charge in [0.1, 0.15) is 0 Å². The Labute approximate surface area is 115 Å². The summed E-state index contributed by atoms with van der Waals surface area (Å²) in [5.41, 5.74) is 3.43. The van der Waals surface area contributed by atoms with Crippen LogP contribution in [-0.4, -0.2) is 31.6 Å². The van der Waals surface area contributed by atoms with Gasteiger partial charge < -0.3 is 9.64 Å². The maximum Gasteiger partial charge on any atom is 0.335 e. The number of hydrogen-bond acceptors (Lipinski definition) is 3. The zero-order valence-corrected chi connectivity index (χ0v) is 12.1. The van der Waals surface area contributed by atoms with Gasteiger partial charge in [0.2, 0.25) is 0 Å². The van der Waals surface area contributed by atoms with Gasteiger partial charge in [-0.1, -0.05) is 36.9 Å². The van der Waals surface area contributed by atoms with Crippen LogP contribution in [0.15, 0.2) is 36.4 Å². The van der Waals surface area contributed by atoms with Crippen LogP contribution in [-0.2, 0) is 9.53 Å². The fourth-order valence-electron chi connectivity index (χ4n) is 2.00. The molecule has 0 radical (unpaired) electrons. The molecule has 1 aromatic rings. The van der Waals surface area contributed by atoms with E-state index in [-0.39, 0.29) is 5.97 Å². The van der Waals surface area contributed by atoms with E-state index in [0.717, 1.165) is 16.8 Å². The van der Waals surface area contributed by atoms with E-state index >= 15 is 0 Å². The Morgan fingerprint density at radius 2 is 2.00 bits per heavy atom. The molecular formula is C16H21NO2. The second-order valence-corrected chi connectivity index (χ2v) is 4.38. The van der Waals surface area contributed by atoms with Gasteiger partial charge in [-0.3, -0.25) is 0 Å². The van der Waals surface area contributed by atoms with Crippen molar-refractivity contribution >= 4 is 17.7 Å². The van der Waals surface area contributed by atoms with E-state index in [1.54, 1.807) is 19.9 Å². The maximum absolute atomic E-state index is 11.9. The molecule has 0 spiro atoms. The van der Waals surface area contributed by atoms with Gasteiger partial charge in [-0.2, -0.15) is 0 Å². The van der Waals surface area contributed by atoms with Crippen molar-refractivity contribution in [3.8, 4) is 0 Å². The lowest BCUT2D eigenvalue weighted by Crippen LogP contribution is -2.17. The van der Waals surface area contributed by atoms with Crippen LogP contribution in [0.3, 0.4) is 0 Å². The van der Waals surface area contributed by atoms with Gasteiger partial charge in [-0.05, 0) is 19.4 Å². The largest absolute Gasteiger partial charge is 0.463 e. The molecule has 0 bridgehead atoms. The molecule has 3 nitrogen and oxygen atoms in total. The molecule has 0 saturated heterocycles. The minimum atomic E-state index is -0.287. The Hall–Kier alpha value is -2.03. The van der Waals surface area contributed by atoms with Crippen LogP contribution >= 0.6 is 0 Å². The summed E-state index contributed by atoms with van der Waals surface area (Å²) in [5, 5.41) is 0. The van der Waals surface area contributed by atoms with Gasteiger partial charge in [0.05, 0.1) is 17.9 Å². The van der Waals surface area contributed by atoms with E-state index in [1.807, 2.05) is 43.3 Å². The number of nitrogens with zero attached hydrogens (tertiary/aromatic N) is 1. The predicted molar refractivity (Wildman–Crippen MR) is 79.4 cm³/mol. The molecule has 0 atom stereocenters. The highest BCUT2D eigenvalue weighted by molar-refractivity contribution is 5.97. The summed E-state index contributed by atoms with van der Waals surface area (Å²) in [4.78, 5) is 13.9. The van der Waals surface area contributed by atoms with Gasteiger partial charge in [0, 0.05) is 19.7 Å². The summed E-state index contributed by atoms with van der Waals surface area (Å²) in [6.45, 7) is 7.78. The molecule has 0 saturated carbocycles. The molecule has 0 aliphatic carbocycles. The monoisotopic (exact) mass is 259 g/mol. The summed E-state index contributed by atoms with van der Waals surface area (Å²) >= 11 is 0. The predicted octanol–water partition coefficient (Wildman–Crippen LogP) is 3.19. The van der Waals surface area contributed by atoms with Crippen molar-refractivity contribution in [1.82, 2.24) is 4.90 Å². The number of ether oxygens (including phenoxy) is 1. The first-order chi connectivity index (χ1) is 9.02. The van der Waals surface area contributed by atoms with Gasteiger partial charge in [0.25, 0.3) is 0 Å². The molecule has 0 fully saturated rings. The number of benzene rings is 1. The number of hydrogen-bond donors (Lipinski definition) is 0. The molecule has 0 unspecified atom stereocenters. The third-order valence-electron chi connectivity index (χ3n) is 2.82. The topological polar surface area (TPSA) is 29.5 Å². The van der Waals surface area contributed by atoms with Crippen molar-refractivity contribution < 1.29 is 9.53 Å². The zero-order chi connectivity index (χ0) is 14.4. The Morgan fingerprint density at radius 3 is 2.53 bits per heavy atom. The lowest BCUT2D eigenvalue weighted by atomic mass is 10.0. The molecule has 0 aromatic heterocycles. The quantitative estimate of drug-likeness (QED) is 0.601. The van der Waals surface area contributed by atoms with Crippen LogP contribution in [0.5, 0.6) is 0 Å². The average Bonchev–Trinajstić information content (AvgIpc) is 2.39. The van der Waals surface area contributed by atoms with Crippen molar-refractivity contribution in [2.45, 2.75) is 13.8 Å². The first kappa shape index (κ1) is 15.0. The van der Waals surface area contributed by atoms with Crippen molar-refractivity contribution in [2.24, 2.45) is 0 Å². The van der Waals surface area contributed by atoms with Crippen LogP contribution in [0.4, 0.5) is 0 Å². The third-order valence-corrected chi connectivity index (χ3v) is 2.82. The molecule has 102 valence electrons. The maximum atomic E-state index is 11.9. The van der Waals surface area contributed by atoms with Crippen molar-refractivity contribution in [1.29, 1.82) is 0 Å². The second-order valence-electron chi connectivity index (χ2n) is 4.38. The van der Waals surface area contributed by atoms with Gasteiger partial charge in [-0.25, -0.2) is 4.79 Å². The van der Waals surface area contributed by atoms with Gasteiger partial charge >= 0.3 is 5.97 Å². The van der Waals surface area contributed by atoms with E-state index in [9.17, 15) is 4.79 Å². The molecule has 1 rings (SSSR count). The van der Waals surface area contributed by atoms with Crippen LogP contribution < -0.4 is 0 Å². The van der Waals surface area contributed by atoms with Crippen molar-refractivity contribution in [2.75, 3.05) is 20.7 Å². The zero-order valence-electron chi connectivity index (χ0n) is 12.1. The Balaban J connectivity index is 3.39. The van der Waals surface area contributed by atoms with E-state index in [2.05, 4.69) is 6.58 Å². The molecule has 0 N–H and O–H groups in total. The first-order valence-corrected chi connectivity index (χ1v) is 6.30. The molecule has 1 aromatic carbocycles. The fourth-order valence-corrected chi connectivity index (χ4v) is 2.00. The minimum Gasteiger partial charge on any atom is -0.463 e. The minimum absolute atomic E-state index is 0.287. The highest BCUT2D eigenvalue weighted by Gasteiger charge is 2.17. The molecule has 0 amide bonds. The number of esters is 1. The average molecular weight is 259 g/mol. The van der Waals surface area contributed by atoms with Crippen LogP contribution in [0.25, 0.3) is 11.8 Å². The standard InChI is InChI=1S/C16H21NO2/c1-6-13-10-8-9-11-14(13)15(17(4)5)12(3)16(18)19-7-2/h6,8-11H,1,7H2,2-5H3/b15-12-. The summed E-state index contributed by atoms with van der Waals surface area (Å²) in [7, 11) is 3.83. The molecule has 0 aliphatic heterocycles. The molecule has 0 aliphatic rings. The van der Waals surface area contributed by atoms with Crippen LogP contribution in [0.2, 0.25) is 0 Å². The SMILES string of the molecule is C=Cc1ccccc1/C(=C(\C)C(=O)OCC)N(C)C. The smallest absolute Gasteiger partial charge is 0.335 e. The highest BCUT2D eigenvalue weighted by atomic mass is 16.5.